The molecule has 1 amide bonds. The first-order chi connectivity index (χ1) is 10.8. The molecule has 4 nitrogen and oxygen atoms in total. The van der Waals surface area contributed by atoms with Crippen molar-refractivity contribution >= 4 is 5.91 Å². The second-order valence-corrected chi connectivity index (χ2v) is 6.24. The Morgan fingerprint density at radius 3 is 2.86 bits per heavy atom. The van der Waals surface area contributed by atoms with Crippen LogP contribution in [-0.4, -0.2) is 30.0 Å². The van der Waals surface area contributed by atoms with Crippen LogP contribution in [0.15, 0.2) is 24.3 Å². The summed E-state index contributed by atoms with van der Waals surface area (Å²) in [5.41, 5.74) is 0.476. The minimum Gasteiger partial charge on any atom is -0.482 e. The predicted molar refractivity (Wildman–Crippen MR) is 83.3 cm³/mol. The summed E-state index contributed by atoms with van der Waals surface area (Å²) in [6.45, 7) is 0.880. The van der Waals surface area contributed by atoms with E-state index in [2.05, 4.69) is 6.07 Å². The molecule has 1 aliphatic carbocycles. The van der Waals surface area contributed by atoms with Crippen molar-refractivity contribution in [2.24, 2.45) is 5.92 Å². The van der Waals surface area contributed by atoms with E-state index in [0.29, 0.717) is 23.3 Å². The molecule has 2 atom stereocenters. The SMILES string of the molecule is N#Cc1ccccc1OCC(=O)N1CCC[C@@H]2CCCC[C@H]21. The fourth-order valence-electron chi connectivity index (χ4n) is 3.84. The Balaban J connectivity index is 1.63. The van der Waals surface area contributed by atoms with Crippen LogP contribution in [0.4, 0.5) is 0 Å². The maximum Gasteiger partial charge on any atom is 0.260 e. The summed E-state index contributed by atoms with van der Waals surface area (Å²) in [7, 11) is 0. The third kappa shape index (κ3) is 3.09. The summed E-state index contributed by atoms with van der Waals surface area (Å²) in [4.78, 5) is 14.6. The van der Waals surface area contributed by atoms with Crippen molar-refractivity contribution in [2.75, 3.05) is 13.2 Å². The molecule has 1 aliphatic heterocycles. The number of fused-ring (bicyclic) bond motifs is 1. The van der Waals surface area contributed by atoms with Gasteiger partial charge in [-0.1, -0.05) is 25.0 Å². The van der Waals surface area contributed by atoms with Crippen molar-refractivity contribution in [3.8, 4) is 11.8 Å². The molecule has 1 saturated carbocycles. The Morgan fingerprint density at radius 1 is 1.23 bits per heavy atom. The molecule has 2 aliphatic rings. The lowest BCUT2D eigenvalue weighted by Crippen LogP contribution is -2.51. The minimum absolute atomic E-state index is 0.0297. The monoisotopic (exact) mass is 298 g/mol. The van der Waals surface area contributed by atoms with Gasteiger partial charge in [-0.25, -0.2) is 0 Å². The van der Waals surface area contributed by atoms with E-state index < -0.39 is 0 Å². The number of carbonyl (C=O) groups is 1. The fourth-order valence-corrected chi connectivity index (χ4v) is 3.84. The second kappa shape index (κ2) is 6.83. The Hall–Kier alpha value is -2.02. The molecule has 1 saturated heterocycles. The normalized spacial score (nSPS) is 24.2. The number of ether oxygens (including phenoxy) is 1. The van der Waals surface area contributed by atoms with Gasteiger partial charge in [-0.05, 0) is 43.7 Å². The van der Waals surface area contributed by atoms with E-state index >= 15 is 0 Å². The van der Waals surface area contributed by atoms with Crippen molar-refractivity contribution in [3.05, 3.63) is 29.8 Å². The van der Waals surface area contributed by atoms with E-state index in [1.54, 1.807) is 18.2 Å². The largest absolute Gasteiger partial charge is 0.482 e. The van der Waals surface area contributed by atoms with E-state index in [9.17, 15) is 4.79 Å². The average molecular weight is 298 g/mol. The number of benzene rings is 1. The maximum absolute atomic E-state index is 12.5. The van der Waals surface area contributed by atoms with Gasteiger partial charge in [-0.2, -0.15) is 5.26 Å². The summed E-state index contributed by atoms with van der Waals surface area (Å²) in [5.74, 6) is 1.23. The molecule has 3 rings (SSSR count). The molecule has 0 aromatic heterocycles. The molecular weight excluding hydrogens is 276 g/mol. The molecule has 1 aromatic rings. The summed E-state index contributed by atoms with van der Waals surface area (Å²) >= 11 is 0. The van der Waals surface area contributed by atoms with Gasteiger partial charge < -0.3 is 9.64 Å². The lowest BCUT2D eigenvalue weighted by Gasteiger charge is -2.44. The van der Waals surface area contributed by atoms with E-state index in [4.69, 9.17) is 10.00 Å². The number of para-hydroxylation sites is 1. The van der Waals surface area contributed by atoms with Crippen LogP contribution in [0.3, 0.4) is 0 Å². The van der Waals surface area contributed by atoms with Crippen LogP contribution in [0, 0.1) is 17.2 Å². The quantitative estimate of drug-likeness (QED) is 0.861. The van der Waals surface area contributed by atoms with Gasteiger partial charge in [0.1, 0.15) is 11.8 Å². The molecule has 1 heterocycles. The van der Waals surface area contributed by atoms with Crippen LogP contribution in [0.25, 0.3) is 0 Å². The van der Waals surface area contributed by atoms with Crippen molar-refractivity contribution in [1.29, 1.82) is 5.26 Å². The number of rotatable bonds is 3. The van der Waals surface area contributed by atoms with Crippen molar-refractivity contribution in [1.82, 2.24) is 4.90 Å². The van der Waals surface area contributed by atoms with Crippen LogP contribution >= 0.6 is 0 Å². The van der Waals surface area contributed by atoms with E-state index in [-0.39, 0.29) is 12.5 Å². The van der Waals surface area contributed by atoms with Crippen molar-refractivity contribution in [3.63, 3.8) is 0 Å². The zero-order valence-corrected chi connectivity index (χ0v) is 12.8. The number of nitrogens with zero attached hydrogens (tertiary/aromatic N) is 2. The average Bonchev–Trinajstić information content (AvgIpc) is 2.59. The van der Waals surface area contributed by atoms with Crippen molar-refractivity contribution in [2.45, 2.75) is 44.6 Å². The van der Waals surface area contributed by atoms with Crippen LogP contribution in [0.5, 0.6) is 5.75 Å². The van der Waals surface area contributed by atoms with Crippen LogP contribution in [-0.2, 0) is 4.79 Å². The maximum atomic E-state index is 12.5. The third-order valence-corrected chi connectivity index (χ3v) is 4.92. The topological polar surface area (TPSA) is 53.3 Å². The van der Waals surface area contributed by atoms with Gasteiger partial charge in [0.15, 0.2) is 6.61 Å². The van der Waals surface area contributed by atoms with Crippen LogP contribution in [0.1, 0.15) is 44.1 Å². The van der Waals surface area contributed by atoms with E-state index in [0.717, 1.165) is 19.4 Å². The highest BCUT2D eigenvalue weighted by molar-refractivity contribution is 5.78. The summed E-state index contributed by atoms with van der Waals surface area (Å²) in [6, 6.07) is 9.56. The van der Waals surface area contributed by atoms with Gasteiger partial charge in [-0.3, -0.25) is 4.79 Å². The highest BCUT2D eigenvalue weighted by Crippen LogP contribution is 2.35. The number of hydrogen-bond donors (Lipinski definition) is 0. The van der Waals surface area contributed by atoms with Gasteiger partial charge in [0.2, 0.25) is 0 Å². The summed E-state index contributed by atoms with van der Waals surface area (Å²) in [5, 5.41) is 9.06. The third-order valence-electron chi connectivity index (χ3n) is 4.92. The lowest BCUT2D eigenvalue weighted by molar-refractivity contribution is -0.139. The first-order valence-electron chi connectivity index (χ1n) is 8.21. The number of piperidine rings is 1. The Kier molecular flexibility index (Phi) is 4.62. The van der Waals surface area contributed by atoms with E-state index in [1.165, 1.54) is 25.7 Å². The molecule has 0 radical (unpaired) electrons. The summed E-state index contributed by atoms with van der Waals surface area (Å²) in [6.07, 6.45) is 7.27. The molecule has 1 aromatic carbocycles. The van der Waals surface area contributed by atoms with Gasteiger partial charge in [-0.15, -0.1) is 0 Å². The van der Waals surface area contributed by atoms with Gasteiger partial charge >= 0.3 is 0 Å². The first kappa shape index (κ1) is 14.9. The molecule has 0 unspecified atom stereocenters. The Labute approximate surface area is 131 Å². The molecule has 4 heteroatoms. The van der Waals surface area contributed by atoms with Gasteiger partial charge in [0, 0.05) is 12.6 Å². The fraction of sp³-hybridized carbons (Fsp3) is 0.556. The minimum atomic E-state index is 0.0297. The van der Waals surface area contributed by atoms with E-state index in [1.807, 2.05) is 11.0 Å². The lowest BCUT2D eigenvalue weighted by atomic mass is 9.78. The second-order valence-electron chi connectivity index (χ2n) is 6.24. The van der Waals surface area contributed by atoms with Gasteiger partial charge in [0.05, 0.1) is 5.56 Å². The molecule has 116 valence electrons. The highest BCUT2D eigenvalue weighted by Gasteiger charge is 2.35. The molecule has 22 heavy (non-hydrogen) atoms. The number of amides is 1. The highest BCUT2D eigenvalue weighted by atomic mass is 16.5. The Bertz CT molecular complexity index is 577. The Morgan fingerprint density at radius 2 is 2.00 bits per heavy atom. The molecule has 0 spiro atoms. The zero-order valence-electron chi connectivity index (χ0n) is 12.8. The smallest absolute Gasteiger partial charge is 0.260 e. The standard InChI is InChI=1S/C18H22N2O2/c19-12-15-7-2-4-10-17(15)22-13-18(21)20-11-5-8-14-6-1-3-9-16(14)20/h2,4,7,10,14,16H,1,3,5-6,8-9,11,13H2/t14-,16+/m0/s1. The first-order valence-corrected chi connectivity index (χ1v) is 8.21. The molecular formula is C18H22N2O2. The molecule has 2 fully saturated rings. The number of hydrogen-bond acceptors (Lipinski definition) is 3. The summed E-state index contributed by atoms with van der Waals surface area (Å²) < 4.78 is 5.61. The van der Waals surface area contributed by atoms with Crippen LogP contribution < -0.4 is 4.74 Å². The van der Waals surface area contributed by atoms with Gasteiger partial charge in [0.25, 0.3) is 5.91 Å². The molecule has 0 N–H and O–H groups in total. The molecule has 0 bridgehead atoms. The number of carbonyl (C=O) groups excluding carboxylic acids is 1. The zero-order chi connectivity index (χ0) is 15.4. The number of likely N-dealkylation sites (tertiary alicyclic amines) is 1. The van der Waals surface area contributed by atoms with Crippen LogP contribution in [0.2, 0.25) is 0 Å². The number of nitriles is 1. The van der Waals surface area contributed by atoms with Crippen molar-refractivity contribution < 1.29 is 9.53 Å². The predicted octanol–water partition coefficient (Wildman–Crippen LogP) is 3.12.